The number of nitrogens with one attached hydrogen (secondary N) is 3. The van der Waals surface area contributed by atoms with Gasteiger partial charge in [0.15, 0.2) is 0 Å². The number of fused-ring (bicyclic) bond motifs is 1. The molecule has 2 amide bonds. The van der Waals surface area contributed by atoms with Crippen LogP contribution in [0.4, 0.5) is 5.95 Å². The topological polar surface area (TPSA) is 88.1 Å². The summed E-state index contributed by atoms with van der Waals surface area (Å²) in [6.45, 7) is 4.60. The molecule has 3 aromatic rings. The fraction of sp³-hybridized carbons (Fsp3) is 0.409. The van der Waals surface area contributed by atoms with Crippen molar-refractivity contribution in [3.8, 4) is 0 Å². The highest BCUT2D eigenvalue weighted by Gasteiger charge is 2.47. The van der Waals surface area contributed by atoms with E-state index < -0.39 is 0 Å². The third kappa shape index (κ3) is 3.30. The lowest BCUT2D eigenvalue weighted by molar-refractivity contribution is 0.0873. The molecule has 30 heavy (non-hydrogen) atoms. The molecule has 1 spiro atoms. The van der Waals surface area contributed by atoms with E-state index in [9.17, 15) is 9.59 Å². The number of anilines is 1. The number of nitrogens with zero attached hydrogens (tertiary/aromatic N) is 2. The van der Waals surface area contributed by atoms with Crippen LogP contribution in [0.25, 0.3) is 11.0 Å². The van der Waals surface area contributed by atoms with E-state index in [2.05, 4.69) is 26.6 Å². The van der Waals surface area contributed by atoms with Crippen molar-refractivity contribution in [1.82, 2.24) is 20.2 Å². The highest BCUT2D eigenvalue weighted by Crippen LogP contribution is 2.53. The van der Waals surface area contributed by atoms with Gasteiger partial charge in [-0.15, -0.1) is 11.3 Å². The minimum Gasteiger partial charge on any atom is -0.352 e. The first kappa shape index (κ1) is 19.3. The first-order chi connectivity index (χ1) is 14.6. The maximum absolute atomic E-state index is 12.9. The van der Waals surface area contributed by atoms with Crippen molar-refractivity contribution in [2.45, 2.75) is 32.2 Å². The van der Waals surface area contributed by atoms with Gasteiger partial charge in [-0.2, -0.15) is 0 Å². The lowest BCUT2D eigenvalue weighted by Gasteiger charge is -2.46. The van der Waals surface area contributed by atoms with Crippen molar-refractivity contribution < 1.29 is 9.59 Å². The number of rotatable bonds is 5. The predicted molar refractivity (Wildman–Crippen MR) is 118 cm³/mol. The van der Waals surface area contributed by atoms with Crippen LogP contribution < -0.4 is 16.0 Å². The van der Waals surface area contributed by atoms with Gasteiger partial charge in [-0.25, -0.2) is 4.98 Å². The maximum atomic E-state index is 12.9. The number of benzene rings is 1. The van der Waals surface area contributed by atoms with Crippen molar-refractivity contribution in [1.29, 1.82) is 0 Å². The zero-order valence-electron chi connectivity index (χ0n) is 16.9. The molecule has 0 radical (unpaired) electrons. The molecule has 0 atom stereocenters. The van der Waals surface area contributed by atoms with Crippen LogP contribution in [0.2, 0.25) is 0 Å². The van der Waals surface area contributed by atoms with E-state index in [0.29, 0.717) is 33.7 Å². The number of para-hydroxylation sites is 2. The van der Waals surface area contributed by atoms with Crippen molar-refractivity contribution in [3.63, 3.8) is 0 Å². The number of hydrogen-bond donors (Lipinski definition) is 3. The van der Waals surface area contributed by atoms with Crippen molar-refractivity contribution >= 4 is 40.1 Å². The van der Waals surface area contributed by atoms with Gasteiger partial charge in [0.25, 0.3) is 11.8 Å². The van der Waals surface area contributed by atoms with Crippen molar-refractivity contribution in [2.75, 3.05) is 25.0 Å². The number of aromatic nitrogens is 2. The third-order valence-corrected chi connectivity index (χ3v) is 7.33. The standard InChI is InChI=1S/C22H25N5O2S/c1-2-24-19(28)17-7-8-18(30-17)20(29)26-21-25-15-5-3-4-6-16(15)27(21)14-11-22(12-14)9-10-23-13-22/h3-8,14,23H,2,9-13H2,1H3,(H,24,28)(H,25,26,29). The summed E-state index contributed by atoms with van der Waals surface area (Å²) >= 11 is 1.20. The molecule has 5 rings (SSSR count). The molecule has 2 aromatic heterocycles. The smallest absolute Gasteiger partial charge is 0.268 e. The van der Waals surface area contributed by atoms with Crippen molar-refractivity contribution in [3.05, 3.63) is 46.2 Å². The Bertz CT molecular complexity index is 1100. The van der Waals surface area contributed by atoms with E-state index in [1.165, 1.54) is 17.8 Å². The third-order valence-electron chi connectivity index (χ3n) is 6.25. The van der Waals surface area contributed by atoms with Gasteiger partial charge in [-0.1, -0.05) is 12.1 Å². The van der Waals surface area contributed by atoms with Crippen LogP contribution in [-0.4, -0.2) is 41.0 Å². The van der Waals surface area contributed by atoms with Crippen LogP contribution in [0.1, 0.15) is 51.6 Å². The Morgan fingerprint density at radius 2 is 1.97 bits per heavy atom. The van der Waals surface area contributed by atoms with E-state index >= 15 is 0 Å². The molecule has 1 aliphatic carbocycles. The van der Waals surface area contributed by atoms with E-state index in [1.807, 2.05) is 25.1 Å². The fourth-order valence-electron chi connectivity index (χ4n) is 4.76. The normalized spacial score (nSPS) is 22.9. The lowest BCUT2D eigenvalue weighted by atomic mass is 9.65. The van der Waals surface area contributed by atoms with Gasteiger partial charge < -0.3 is 15.2 Å². The summed E-state index contributed by atoms with van der Waals surface area (Å²) < 4.78 is 2.19. The predicted octanol–water partition coefficient (Wildman–Crippen LogP) is 3.41. The number of carbonyl (C=O) groups excluding carboxylic acids is 2. The Labute approximate surface area is 178 Å². The highest BCUT2D eigenvalue weighted by atomic mass is 32.1. The molecule has 0 bridgehead atoms. The van der Waals surface area contributed by atoms with E-state index in [4.69, 9.17) is 4.98 Å². The Morgan fingerprint density at radius 3 is 2.70 bits per heavy atom. The molecule has 8 heteroatoms. The summed E-state index contributed by atoms with van der Waals surface area (Å²) in [5.74, 6) is 0.197. The average Bonchev–Trinajstić information content (AvgIpc) is 3.45. The summed E-state index contributed by atoms with van der Waals surface area (Å²) in [5, 5.41) is 9.25. The second-order valence-corrected chi connectivity index (χ2v) is 9.34. The molecule has 7 nitrogen and oxygen atoms in total. The molecule has 1 saturated heterocycles. The van der Waals surface area contributed by atoms with E-state index in [-0.39, 0.29) is 11.8 Å². The van der Waals surface area contributed by atoms with E-state index in [0.717, 1.165) is 37.0 Å². The number of imidazole rings is 1. The zero-order valence-corrected chi connectivity index (χ0v) is 17.7. The Balaban J connectivity index is 1.40. The lowest BCUT2D eigenvalue weighted by Crippen LogP contribution is -2.40. The van der Waals surface area contributed by atoms with Gasteiger partial charge in [0, 0.05) is 19.1 Å². The van der Waals surface area contributed by atoms with Gasteiger partial charge in [-0.05, 0) is 62.4 Å². The molecule has 3 heterocycles. The second kappa shape index (κ2) is 7.52. The minimum atomic E-state index is -0.233. The molecule has 1 aromatic carbocycles. The Hall–Kier alpha value is -2.71. The number of thiophene rings is 1. The molecule has 2 fully saturated rings. The molecule has 3 N–H and O–H groups in total. The van der Waals surface area contributed by atoms with E-state index in [1.54, 1.807) is 12.1 Å². The van der Waals surface area contributed by atoms with Crippen LogP contribution in [0.3, 0.4) is 0 Å². The van der Waals surface area contributed by atoms with Crippen molar-refractivity contribution in [2.24, 2.45) is 5.41 Å². The fourth-order valence-corrected chi connectivity index (χ4v) is 5.58. The first-order valence-corrected chi connectivity index (χ1v) is 11.3. The van der Waals surface area contributed by atoms with Crippen LogP contribution in [0, 0.1) is 5.41 Å². The van der Waals surface area contributed by atoms with Crippen LogP contribution in [0.5, 0.6) is 0 Å². The highest BCUT2D eigenvalue weighted by molar-refractivity contribution is 7.16. The van der Waals surface area contributed by atoms with Crippen LogP contribution >= 0.6 is 11.3 Å². The van der Waals surface area contributed by atoms with Gasteiger partial charge >= 0.3 is 0 Å². The van der Waals surface area contributed by atoms with Gasteiger partial charge in [0.2, 0.25) is 5.95 Å². The molecular weight excluding hydrogens is 398 g/mol. The first-order valence-electron chi connectivity index (χ1n) is 10.5. The summed E-state index contributed by atoms with van der Waals surface area (Å²) in [6.07, 6.45) is 3.42. The molecule has 156 valence electrons. The summed E-state index contributed by atoms with van der Waals surface area (Å²) in [7, 11) is 0. The molecule has 0 unspecified atom stereocenters. The van der Waals surface area contributed by atoms with Gasteiger partial charge in [0.1, 0.15) is 0 Å². The summed E-state index contributed by atoms with van der Waals surface area (Å²) in [6, 6.07) is 11.7. The number of carbonyl (C=O) groups is 2. The second-order valence-electron chi connectivity index (χ2n) is 8.26. The van der Waals surface area contributed by atoms with Gasteiger partial charge in [-0.3, -0.25) is 14.9 Å². The Morgan fingerprint density at radius 1 is 1.20 bits per heavy atom. The Kier molecular flexibility index (Phi) is 4.83. The quantitative estimate of drug-likeness (QED) is 0.587. The van der Waals surface area contributed by atoms with Crippen LogP contribution in [0.15, 0.2) is 36.4 Å². The SMILES string of the molecule is CCNC(=O)c1ccc(C(=O)Nc2nc3ccccc3n2C2CC3(CCNC3)C2)s1. The number of hydrogen-bond acceptors (Lipinski definition) is 5. The number of amides is 2. The molecule has 1 aliphatic heterocycles. The molecule has 1 saturated carbocycles. The maximum Gasteiger partial charge on any atom is 0.268 e. The largest absolute Gasteiger partial charge is 0.352 e. The summed E-state index contributed by atoms with van der Waals surface area (Å²) in [5.41, 5.74) is 2.33. The minimum absolute atomic E-state index is 0.154. The summed E-state index contributed by atoms with van der Waals surface area (Å²) in [4.78, 5) is 30.7. The molecular formula is C22H25N5O2S. The molecule has 2 aliphatic rings. The average molecular weight is 424 g/mol. The monoisotopic (exact) mass is 423 g/mol. The zero-order chi connectivity index (χ0) is 20.7. The van der Waals surface area contributed by atoms with Gasteiger partial charge in [0.05, 0.1) is 20.8 Å². The van der Waals surface area contributed by atoms with Crippen LogP contribution in [-0.2, 0) is 0 Å².